The molecular formula is C15H21NO3. The van der Waals surface area contributed by atoms with Crippen LogP contribution in [0.25, 0.3) is 0 Å². The van der Waals surface area contributed by atoms with Gasteiger partial charge in [-0.25, -0.2) is 4.79 Å². The number of Topliss-reactive ketones (excluding diaryl/α,β-unsaturated/α-hetero) is 1. The van der Waals surface area contributed by atoms with Crippen molar-refractivity contribution in [3.63, 3.8) is 0 Å². The van der Waals surface area contributed by atoms with Crippen LogP contribution >= 0.6 is 0 Å². The number of rotatable bonds is 6. The summed E-state index contributed by atoms with van der Waals surface area (Å²) in [7, 11) is 0. The molecule has 0 saturated heterocycles. The lowest BCUT2D eigenvalue weighted by atomic mass is 9.96. The average molecular weight is 263 g/mol. The van der Waals surface area contributed by atoms with Crippen molar-refractivity contribution < 1.29 is 14.3 Å². The van der Waals surface area contributed by atoms with E-state index < -0.39 is 12.1 Å². The van der Waals surface area contributed by atoms with Crippen molar-refractivity contribution in [2.45, 2.75) is 39.8 Å². The molecule has 0 aliphatic rings. The molecule has 19 heavy (non-hydrogen) atoms. The molecule has 0 fully saturated rings. The van der Waals surface area contributed by atoms with E-state index >= 15 is 0 Å². The molecule has 1 aromatic rings. The van der Waals surface area contributed by atoms with Gasteiger partial charge in [0.2, 0.25) is 0 Å². The van der Waals surface area contributed by atoms with E-state index in [2.05, 4.69) is 5.32 Å². The first-order valence-corrected chi connectivity index (χ1v) is 6.52. The van der Waals surface area contributed by atoms with E-state index in [9.17, 15) is 9.59 Å². The molecule has 0 bridgehead atoms. The Morgan fingerprint density at radius 2 is 1.89 bits per heavy atom. The maximum Gasteiger partial charge on any atom is 0.408 e. The van der Waals surface area contributed by atoms with E-state index in [-0.39, 0.29) is 18.3 Å². The Bertz CT molecular complexity index is 417. The summed E-state index contributed by atoms with van der Waals surface area (Å²) < 4.78 is 5.10. The number of carbonyl (C=O) groups excluding carboxylic acids is 2. The van der Waals surface area contributed by atoms with Crippen LogP contribution in [-0.2, 0) is 16.1 Å². The zero-order valence-electron chi connectivity index (χ0n) is 11.7. The second kappa shape index (κ2) is 7.56. The molecule has 1 amide bonds. The summed E-state index contributed by atoms with van der Waals surface area (Å²) in [6, 6.07) is 8.95. The van der Waals surface area contributed by atoms with Gasteiger partial charge in [0.1, 0.15) is 6.61 Å². The van der Waals surface area contributed by atoms with E-state index in [4.69, 9.17) is 4.74 Å². The Morgan fingerprint density at radius 1 is 1.26 bits per heavy atom. The fraction of sp³-hybridized carbons (Fsp3) is 0.467. The smallest absolute Gasteiger partial charge is 0.408 e. The van der Waals surface area contributed by atoms with Gasteiger partial charge in [0.15, 0.2) is 5.78 Å². The number of carbonyl (C=O) groups is 2. The Balaban J connectivity index is 2.47. The predicted molar refractivity (Wildman–Crippen MR) is 73.7 cm³/mol. The molecule has 4 nitrogen and oxygen atoms in total. The highest BCUT2D eigenvalue weighted by Crippen LogP contribution is 2.09. The molecule has 2 atom stereocenters. The van der Waals surface area contributed by atoms with Gasteiger partial charge in [0.05, 0.1) is 6.04 Å². The lowest BCUT2D eigenvalue weighted by molar-refractivity contribution is -0.120. The summed E-state index contributed by atoms with van der Waals surface area (Å²) in [5.74, 6) is 0.0489. The molecular weight excluding hydrogens is 242 g/mol. The summed E-state index contributed by atoms with van der Waals surface area (Å²) in [4.78, 5) is 23.1. The summed E-state index contributed by atoms with van der Waals surface area (Å²) in [5.41, 5.74) is 0.917. The quantitative estimate of drug-likeness (QED) is 0.858. The van der Waals surface area contributed by atoms with Gasteiger partial charge in [0, 0.05) is 0 Å². The van der Waals surface area contributed by atoms with Gasteiger partial charge < -0.3 is 10.1 Å². The van der Waals surface area contributed by atoms with Crippen molar-refractivity contribution >= 4 is 11.9 Å². The molecule has 104 valence electrons. The van der Waals surface area contributed by atoms with Crippen molar-refractivity contribution in [3.05, 3.63) is 35.9 Å². The summed E-state index contributed by atoms with van der Waals surface area (Å²) in [5, 5.41) is 2.63. The molecule has 0 radical (unpaired) electrons. The van der Waals surface area contributed by atoms with Crippen LogP contribution in [0.1, 0.15) is 32.8 Å². The van der Waals surface area contributed by atoms with Gasteiger partial charge in [0.25, 0.3) is 0 Å². The predicted octanol–water partition coefficient (Wildman–Crippen LogP) is 2.92. The fourth-order valence-electron chi connectivity index (χ4n) is 1.77. The van der Waals surface area contributed by atoms with Crippen LogP contribution in [0.5, 0.6) is 0 Å². The van der Waals surface area contributed by atoms with E-state index in [1.165, 1.54) is 6.92 Å². The molecule has 0 saturated carbocycles. The van der Waals surface area contributed by atoms with E-state index in [1.807, 2.05) is 44.2 Å². The lowest BCUT2D eigenvalue weighted by Crippen LogP contribution is -2.44. The van der Waals surface area contributed by atoms with Gasteiger partial charge in [-0.3, -0.25) is 4.79 Å². The zero-order chi connectivity index (χ0) is 14.3. The largest absolute Gasteiger partial charge is 0.445 e. The van der Waals surface area contributed by atoms with E-state index in [1.54, 1.807) is 0 Å². The average Bonchev–Trinajstić information content (AvgIpc) is 2.42. The minimum atomic E-state index is -0.552. The van der Waals surface area contributed by atoms with E-state index in [0.717, 1.165) is 12.0 Å². The van der Waals surface area contributed by atoms with Gasteiger partial charge in [-0.1, -0.05) is 50.6 Å². The first-order chi connectivity index (χ1) is 9.04. The number of alkyl carbamates (subject to hydrolysis) is 1. The molecule has 1 rings (SSSR count). The maximum absolute atomic E-state index is 11.7. The van der Waals surface area contributed by atoms with E-state index in [0.29, 0.717) is 0 Å². The van der Waals surface area contributed by atoms with Crippen LogP contribution in [0.4, 0.5) is 4.79 Å². The molecule has 0 aromatic heterocycles. The number of benzene rings is 1. The number of hydrogen-bond acceptors (Lipinski definition) is 3. The van der Waals surface area contributed by atoms with Gasteiger partial charge in [-0.2, -0.15) is 0 Å². The summed E-state index contributed by atoms with van der Waals surface area (Å²) in [6.07, 6.45) is 0.271. The second-order valence-electron chi connectivity index (χ2n) is 4.68. The third kappa shape index (κ3) is 5.12. The van der Waals surface area contributed by atoms with Crippen LogP contribution < -0.4 is 5.32 Å². The number of ketones is 1. The molecule has 1 N–H and O–H groups in total. The van der Waals surface area contributed by atoms with Crippen LogP contribution in [0.2, 0.25) is 0 Å². The molecule has 0 heterocycles. The Hall–Kier alpha value is -1.84. The molecule has 0 aliphatic carbocycles. The number of amides is 1. The number of ether oxygens (including phenoxy) is 1. The highest BCUT2D eigenvalue weighted by Gasteiger charge is 2.23. The van der Waals surface area contributed by atoms with Crippen LogP contribution in [0, 0.1) is 5.92 Å². The van der Waals surface area contributed by atoms with Crippen LogP contribution in [-0.4, -0.2) is 17.9 Å². The zero-order valence-corrected chi connectivity index (χ0v) is 11.7. The van der Waals surface area contributed by atoms with Gasteiger partial charge >= 0.3 is 6.09 Å². The molecule has 1 aromatic carbocycles. The SMILES string of the molecule is CC[C@H](C)[C@H](NC(=O)OCc1ccccc1)C(C)=O. The topological polar surface area (TPSA) is 55.4 Å². The monoisotopic (exact) mass is 263 g/mol. The molecule has 0 spiro atoms. The van der Waals surface area contributed by atoms with Crippen LogP contribution in [0.3, 0.4) is 0 Å². The normalized spacial score (nSPS) is 13.4. The highest BCUT2D eigenvalue weighted by atomic mass is 16.5. The minimum Gasteiger partial charge on any atom is -0.445 e. The van der Waals surface area contributed by atoms with Crippen molar-refractivity contribution in [2.24, 2.45) is 5.92 Å². The van der Waals surface area contributed by atoms with Gasteiger partial charge in [-0.15, -0.1) is 0 Å². The first-order valence-electron chi connectivity index (χ1n) is 6.52. The Kier molecular flexibility index (Phi) is 6.06. The Labute approximate surface area is 114 Å². The summed E-state index contributed by atoms with van der Waals surface area (Å²) in [6.45, 7) is 5.60. The third-order valence-electron chi connectivity index (χ3n) is 3.14. The minimum absolute atomic E-state index is 0.0500. The van der Waals surface area contributed by atoms with Crippen molar-refractivity contribution in [2.75, 3.05) is 0 Å². The first kappa shape index (κ1) is 15.2. The molecule has 4 heteroatoms. The third-order valence-corrected chi connectivity index (χ3v) is 3.14. The molecule has 0 unspecified atom stereocenters. The number of hydrogen-bond donors (Lipinski definition) is 1. The van der Waals surface area contributed by atoms with Crippen LogP contribution in [0.15, 0.2) is 30.3 Å². The van der Waals surface area contributed by atoms with Crippen molar-refractivity contribution in [1.82, 2.24) is 5.32 Å². The standard InChI is InChI=1S/C15H21NO3/c1-4-11(2)14(12(3)17)16-15(18)19-10-13-8-6-5-7-9-13/h5-9,11,14H,4,10H2,1-3H3,(H,16,18)/t11-,14-/m0/s1. The fourth-order valence-corrected chi connectivity index (χ4v) is 1.77. The molecule has 0 aliphatic heterocycles. The van der Waals surface area contributed by atoms with Crippen molar-refractivity contribution in [3.8, 4) is 0 Å². The number of nitrogens with one attached hydrogen (secondary N) is 1. The van der Waals surface area contributed by atoms with Gasteiger partial charge in [-0.05, 0) is 18.4 Å². The second-order valence-corrected chi connectivity index (χ2v) is 4.68. The highest BCUT2D eigenvalue weighted by molar-refractivity contribution is 5.85. The summed E-state index contributed by atoms with van der Waals surface area (Å²) >= 11 is 0. The maximum atomic E-state index is 11.7. The van der Waals surface area contributed by atoms with Crippen molar-refractivity contribution in [1.29, 1.82) is 0 Å². The Morgan fingerprint density at radius 3 is 2.42 bits per heavy atom. The lowest BCUT2D eigenvalue weighted by Gasteiger charge is -2.21.